The molecule has 3 unspecified atom stereocenters. The van der Waals surface area contributed by atoms with E-state index in [9.17, 15) is 18.3 Å². The Bertz CT molecular complexity index is 1500. The van der Waals surface area contributed by atoms with E-state index in [4.69, 9.17) is 16.3 Å². The lowest BCUT2D eigenvalue weighted by molar-refractivity contribution is 0.155. The smallest absolute Gasteiger partial charge is 0.322 e. The number of aliphatic hydroxyl groups excluding tert-OH is 1. The summed E-state index contributed by atoms with van der Waals surface area (Å²) in [5.74, 6) is 0. The van der Waals surface area contributed by atoms with Crippen molar-refractivity contribution >= 4 is 39.0 Å². The number of nitrogens with one attached hydrogen (secondary N) is 1. The van der Waals surface area contributed by atoms with Crippen LogP contribution >= 0.6 is 11.6 Å². The lowest BCUT2D eigenvalue weighted by atomic mass is 10.0. The third-order valence-electron chi connectivity index (χ3n) is 7.75. The fourth-order valence-corrected chi connectivity index (χ4v) is 7.18. The van der Waals surface area contributed by atoms with Gasteiger partial charge in [0, 0.05) is 49.1 Å². The summed E-state index contributed by atoms with van der Waals surface area (Å²) in [5, 5.41) is 13.5. The van der Waals surface area contributed by atoms with Gasteiger partial charge in [-0.05, 0) is 60.4 Å². The molecule has 2 fully saturated rings. The molecule has 3 aromatic rings. The highest BCUT2D eigenvalue weighted by Crippen LogP contribution is 2.33. The van der Waals surface area contributed by atoms with Crippen molar-refractivity contribution in [2.45, 2.75) is 36.2 Å². The predicted molar refractivity (Wildman–Crippen MR) is 153 cm³/mol. The minimum Gasteiger partial charge on any atom is -0.369 e. The van der Waals surface area contributed by atoms with Crippen LogP contribution in [0.15, 0.2) is 77.7 Å². The largest absolute Gasteiger partial charge is 0.369 e. The van der Waals surface area contributed by atoms with Gasteiger partial charge in [-0.25, -0.2) is 13.2 Å². The number of urea groups is 1. The number of fused-ring (bicyclic) bond motifs is 1. The van der Waals surface area contributed by atoms with Gasteiger partial charge >= 0.3 is 6.03 Å². The van der Waals surface area contributed by atoms with Crippen LogP contribution in [0.5, 0.6) is 0 Å². The maximum absolute atomic E-state index is 13.5. The minimum atomic E-state index is -3.68. The Labute approximate surface area is 239 Å². The van der Waals surface area contributed by atoms with E-state index in [0.29, 0.717) is 56.3 Å². The number of benzene rings is 3. The first-order chi connectivity index (χ1) is 19.3. The second-order valence-corrected chi connectivity index (χ2v) is 12.7. The van der Waals surface area contributed by atoms with E-state index in [0.717, 1.165) is 16.8 Å². The number of nitrogens with zero attached hydrogens (tertiary/aromatic N) is 3. The van der Waals surface area contributed by atoms with Crippen LogP contribution in [0.25, 0.3) is 0 Å². The highest BCUT2D eigenvalue weighted by atomic mass is 35.5. The average molecular weight is 583 g/mol. The van der Waals surface area contributed by atoms with Crippen molar-refractivity contribution in [2.75, 3.05) is 42.5 Å². The number of rotatable bonds is 7. The molecule has 0 aromatic heterocycles. The van der Waals surface area contributed by atoms with Crippen molar-refractivity contribution in [2.24, 2.45) is 0 Å². The molecule has 3 atom stereocenters. The SMILES string of the molecule is O=C(NC(Cc1ccccc1)C1OC1O)N1CCc2cc(S(=O)(=O)N3CCN(c4cccc(Cl)c4)CC3)ccc21. The molecule has 3 aliphatic heterocycles. The summed E-state index contributed by atoms with van der Waals surface area (Å²) in [6, 6.07) is 21.6. The van der Waals surface area contributed by atoms with Crippen molar-refractivity contribution in [3.8, 4) is 0 Å². The van der Waals surface area contributed by atoms with Crippen molar-refractivity contribution in [3.63, 3.8) is 0 Å². The Balaban J connectivity index is 1.12. The second-order valence-electron chi connectivity index (χ2n) is 10.3. The van der Waals surface area contributed by atoms with Gasteiger partial charge in [-0.2, -0.15) is 4.31 Å². The molecule has 2 N–H and O–H groups in total. The third kappa shape index (κ3) is 5.55. The monoisotopic (exact) mass is 582 g/mol. The molecular formula is C29H31ClN4O5S. The quantitative estimate of drug-likeness (QED) is 0.414. The van der Waals surface area contributed by atoms with Crippen LogP contribution in [0.4, 0.5) is 16.2 Å². The number of sulfonamides is 1. The molecule has 0 saturated carbocycles. The first-order valence-electron chi connectivity index (χ1n) is 13.4. The molecule has 210 valence electrons. The van der Waals surface area contributed by atoms with E-state index in [1.807, 2.05) is 54.6 Å². The molecule has 6 rings (SSSR count). The molecule has 0 spiro atoms. The summed E-state index contributed by atoms with van der Waals surface area (Å²) in [5.41, 5.74) is 3.52. The lowest BCUT2D eigenvalue weighted by Gasteiger charge is -2.35. The molecule has 0 radical (unpaired) electrons. The molecule has 40 heavy (non-hydrogen) atoms. The van der Waals surface area contributed by atoms with Crippen molar-refractivity contribution in [1.82, 2.24) is 9.62 Å². The maximum atomic E-state index is 13.5. The average Bonchev–Trinajstić information content (AvgIpc) is 3.54. The van der Waals surface area contributed by atoms with Gasteiger partial charge in [0.1, 0.15) is 6.10 Å². The van der Waals surface area contributed by atoms with E-state index in [1.165, 1.54) is 4.31 Å². The number of anilines is 2. The molecule has 0 aliphatic carbocycles. The Hall–Kier alpha value is -3.15. The lowest BCUT2D eigenvalue weighted by Crippen LogP contribution is -2.48. The van der Waals surface area contributed by atoms with Crippen LogP contribution in [0.3, 0.4) is 0 Å². The van der Waals surface area contributed by atoms with Gasteiger partial charge in [0.05, 0.1) is 10.9 Å². The van der Waals surface area contributed by atoms with E-state index in [-0.39, 0.29) is 17.0 Å². The number of carbonyl (C=O) groups excluding carboxylic acids is 1. The summed E-state index contributed by atoms with van der Waals surface area (Å²) in [6.45, 7) is 2.33. The molecule has 0 bridgehead atoms. The molecular weight excluding hydrogens is 552 g/mol. The van der Waals surface area contributed by atoms with E-state index < -0.39 is 22.4 Å². The Morgan fingerprint density at radius 1 is 1.00 bits per heavy atom. The number of hydrogen-bond acceptors (Lipinski definition) is 6. The van der Waals surface area contributed by atoms with Crippen LogP contribution in [0, 0.1) is 0 Å². The fraction of sp³-hybridized carbons (Fsp3) is 0.345. The van der Waals surface area contributed by atoms with Gasteiger partial charge < -0.3 is 20.1 Å². The normalized spacial score (nSPS) is 21.6. The Morgan fingerprint density at radius 2 is 1.75 bits per heavy atom. The Morgan fingerprint density at radius 3 is 2.45 bits per heavy atom. The first kappa shape index (κ1) is 27.0. The molecule has 9 nitrogen and oxygen atoms in total. The number of hydrogen-bond donors (Lipinski definition) is 2. The first-order valence-corrected chi connectivity index (χ1v) is 15.2. The topological polar surface area (TPSA) is 106 Å². The van der Waals surface area contributed by atoms with Gasteiger partial charge in [0.15, 0.2) is 6.29 Å². The summed E-state index contributed by atoms with van der Waals surface area (Å²) in [4.78, 5) is 17.3. The second kappa shape index (κ2) is 11.0. The van der Waals surface area contributed by atoms with E-state index >= 15 is 0 Å². The van der Waals surface area contributed by atoms with Crippen LogP contribution in [-0.2, 0) is 27.6 Å². The van der Waals surface area contributed by atoms with E-state index in [1.54, 1.807) is 23.1 Å². The van der Waals surface area contributed by atoms with Gasteiger partial charge in [-0.1, -0.05) is 48.0 Å². The van der Waals surface area contributed by atoms with Crippen molar-refractivity contribution < 1.29 is 23.1 Å². The molecule has 3 aliphatic rings. The zero-order valence-corrected chi connectivity index (χ0v) is 23.4. The molecule has 3 heterocycles. The molecule has 2 amide bonds. The minimum absolute atomic E-state index is 0.237. The van der Waals surface area contributed by atoms with Crippen molar-refractivity contribution in [3.05, 3.63) is 88.9 Å². The third-order valence-corrected chi connectivity index (χ3v) is 9.88. The number of piperazine rings is 1. The number of ether oxygens (including phenoxy) is 1. The van der Waals surface area contributed by atoms with E-state index in [2.05, 4.69) is 10.2 Å². The number of amides is 2. The zero-order valence-electron chi connectivity index (χ0n) is 21.8. The van der Waals surface area contributed by atoms with Gasteiger partial charge in [0.2, 0.25) is 10.0 Å². The highest BCUT2D eigenvalue weighted by molar-refractivity contribution is 7.89. The van der Waals surface area contributed by atoms with Crippen molar-refractivity contribution in [1.29, 1.82) is 0 Å². The molecule has 11 heteroatoms. The van der Waals surface area contributed by atoms with Crippen LogP contribution < -0.4 is 15.1 Å². The van der Waals surface area contributed by atoms with Crippen LogP contribution in [0.1, 0.15) is 11.1 Å². The van der Waals surface area contributed by atoms with Crippen LogP contribution in [-0.4, -0.2) is 75.0 Å². The summed E-state index contributed by atoms with van der Waals surface area (Å²) >= 11 is 6.12. The van der Waals surface area contributed by atoms with Gasteiger partial charge in [-0.3, -0.25) is 4.90 Å². The van der Waals surface area contributed by atoms with Gasteiger partial charge in [0.25, 0.3) is 0 Å². The number of carbonyl (C=O) groups is 1. The maximum Gasteiger partial charge on any atom is 0.322 e. The number of aliphatic hydroxyl groups is 1. The summed E-state index contributed by atoms with van der Waals surface area (Å²) in [7, 11) is -3.68. The molecule has 2 saturated heterocycles. The standard InChI is InChI=1S/C29H31ClN4O5S/c30-22-7-4-8-23(19-22)32-13-15-33(16-14-32)40(37,38)24-9-10-26-21(18-24)11-12-34(26)29(36)31-25(27-28(35)39-27)17-20-5-2-1-3-6-20/h1-10,18-19,25,27-28,35H,11-17H2,(H,31,36). The fourth-order valence-electron chi connectivity index (χ4n) is 5.52. The number of epoxide rings is 1. The predicted octanol–water partition coefficient (Wildman–Crippen LogP) is 3.25. The molecule has 3 aromatic carbocycles. The zero-order chi connectivity index (χ0) is 27.9. The summed E-state index contributed by atoms with van der Waals surface area (Å²) in [6.07, 6.45) is -0.268. The highest BCUT2D eigenvalue weighted by Gasteiger charge is 2.45. The van der Waals surface area contributed by atoms with Crippen LogP contribution in [0.2, 0.25) is 5.02 Å². The van der Waals surface area contributed by atoms with Gasteiger partial charge in [-0.15, -0.1) is 0 Å². The Kier molecular flexibility index (Phi) is 7.45. The summed E-state index contributed by atoms with van der Waals surface area (Å²) < 4.78 is 33.8. The number of halogens is 1.